The summed E-state index contributed by atoms with van der Waals surface area (Å²) in [7, 11) is 0. The van der Waals surface area contributed by atoms with Crippen LogP contribution >= 0.6 is 0 Å². The van der Waals surface area contributed by atoms with E-state index in [-0.39, 0.29) is 11.9 Å². The molecule has 0 bridgehead atoms. The highest BCUT2D eigenvalue weighted by Gasteiger charge is 2.26. The van der Waals surface area contributed by atoms with E-state index in [1.807, 2.05) is 24.3 Å². The molecule has 0 saturated carbocycles. The lowest BCUT2D eigenvalue weighted by molar-refractivity contribution is 0.180. The highest BCUT2D eigenvalue weighted by Crippen LogP contribution is 2.30. The monoisotopic (exact) mass is 274 g/mol. The summed E-state index contributed by atoms with van der Waals surface area (Å²) < 4.78 is 19.5. The predicted octanol–water partition coefficient (Wildman–Crippen LogP) is 2.72. The molecule has 2 heterocycles. The first-order chi connectivity index (χ1) is 9.75. The zero-order chi connectivity index (χ0) is 13.9. The summed E-state index contributed by atoms with van der Waals surface area (Å²) in [5.41, 5.74) is 1.62. The van der Waals surface area contributed by atoms with Gasteiger partial charge in [0.25, 0.3) is 0 Å². The van der Waals surface area contributed by atoms with Gasteiger partial charge in [0.1, 0.15) is 11.6 Å². The van der Waals surface area contributed by atoms with Gasteiger partial charge in [-0.1, -0.05) is 12.1 Å². The van der Waals surface area contributed by atoms with Crippen molar-refractivity contribution < 1.29 is 8.81 Å². The van der Waals surface area contributed by atoms with Crippen LogP contribution in [0.1, 0.15) is 22.9 Å². The van der Waals surface area contributed by atoms with Crippen LogP contribution in [0.3, 0.4) is 0 Å². The van der Waals surface area contributed by atoms with Crippen LogP contribution in [0.5, 0.6) is 0 Å². The molecule has 106 valence electrons. The Morgan fingerprint density at radius 3 is 2.70 bits per heavy atom. The Morgan fingerprint density at radius 2 is 2.05 bits per heavy atom. The second-order valence-electron chi connectivity index (χ2n) is 5.21. The van der Waals surface area contributed by atoms with Crippen molar-refractivity contribution in [3.63, 3.8) is 0 Å². The summed E-state index contributed by atoms with van der Waals surface area (Å²) in [4.78, 5) is 2.33. The van der Waals surface area contributed by atoms with Crippen molar-refractivity contribution in [2.24, 2.45) is 0 Å². The summed E-state index contributed by atoms with van der Waals surface area (Å²) in [5.74, 6) is 0.712. The van der Waals surface area contributed by atoms with E-state index in [1.54, 1.807) is 19.3 Å². The third-order valence-corrected chi connectivity index (χ3v) is 3.84. The number of benzene rings is 1. The smallest absolute Gasteiger partial charge is 0.126 e. The van der Waals surface area contributed by atoms with Gasteiger partial charge in [-0.15, -0.1) is 0 Å². The normalized spacial score (nSPS) is 18.1. The minimum atomic E-state index is -0.158. The molecule has 0 spiro atoms. The van der Waals surface area contributed by atoms with Gasteiger partial charge in [-0.2, -0.15) is 0 Å². The van der Waals surface area contributed by atoms with E-state index in [1.165, 1.54) is 0 Å². The van der Waals surface area contributed by atoms with E-state index in [0.29, 0.717) is 5.56 Å². The molecule has 1 aromatic carbocycles. The fourth-order valence-electron chi connectivity index (χ4n) is 2.72. The Morgan fingerprint density at radius 1 is 1.25 bits per heavy atom. The van der Waals surface area contributed by atoms with Crippen molar-refractivity contribution in [1.29, 1.82) is 0 Å². The molecule has 3 nitrogen and oxygen atoms in total. The van der Waals surface area contributed by atoms with Gasteiger partial charge in [-0.3, -0.25) is 4.90 Å². The number of nitrogens with one attached hydrogen (secondary N) is 1. The molecular formula is C16H19FN2O. The Labute approximate surface area is 118 Å². The molecule has 1 aromatic heterocycles. The fraction of sp³-hybridized carbons (Fsp3) is 0.375. The number of nitrogens with zero attached hydrogens (tertiary/aromatic N) is 1. The topological polar surface area (TPSA) is 28.4 Å². The van der Waals surface area contributed by atoms with Gasteiger partial charge >= 0.3 is 0 Å². The van der Waals surface area contributed by atoms with Gasteiger partial charge in [-0.05, 0) is 36.2 Å². The van der Waals surface area contributed by atoms with Gasteiger partial charge in [0, 0.05) is 26.2 Å². The van der Waals surface area contributed by atoms with E-state index in [0.717, 1.165) is 37.5 Å². The molecule has 0 aliphatic carbocycles. The molecule has 1 fully saturated rings. The molecule has 0 amide bonds. The molecule has 1 aliphatic heterocycles. The maximum absolute atomic E-state index is 13.9. The maximum atomic E-state index is 13.9. The number of rotatable bonds is 3. The summed E-state index contributed by atoms with van der Waals surface area (Å²) >= 11 is 0. The van der Waals surface area contributed by atoms with E-state index in [2.05, 4.69) is 10.2 Å². The lowest BCUT2D eigenvalue weighted by Gasteiger charge is -2.34. The number of hydrogen-bond donors (Lipinski definition) is 1. The quantitative estimate of drug-likeness (QED) is 0.933. The Kier molecular flexibility index (Phi) is 3.85. The molecule has 20 heavy (non-hydrogen) atoms. The summed E-state index contributed by atoms with van der Waals surface area (Å²) in [6.07, 6.45) is 1.68. The van der Waals surface area contributed by atoms with Crippen LogP contribution in [0.2, 0.25) is 0 Å². The van der Waals surface area contributed by atoms with E-state index in [9.17, 15) is 4.39 Å². The second-order valence-corrected chi connectivity index (χ2v) is 5.21. The molecule has 0 unspecified atom stereocenters. The Hall–Kier alpha value is -1.65. The Bertz CT molecular complexity index is 562. The zero-order valence-corrected chi connectivity index (χ0v) is 11.6. The third-order valence-electron chi connectivity index (χ3n) is 3.84. The van der Waals surface area contributed by atoms with Crippen LogP contribution in [-0.2, 0) is 0 Å². The molecule has 1 atom stereocenters. The molecule has 1 N–H and O–H groups in total. The molecular weight excluding hydrogens is 255 g/mol. The Balaban J connectivity index is 1.98. The minimum Gasteiger partial charge on any atom is -0.467 e. The highest BCUT2D eigenvalue weighted by atomic mass is 19.1. The predicted molar refractivity (Wildman–Crippen MR) is 76.1 cm³/mol. The molecule has 2 aromatic rings. The van der Waals surface area contributed by atoms with Crippen LogP contribution in [0.4, 0.5) is 4.39 Å². The first-order valence-electron chi connectivity index (χ1n) is 7.00. The fourth-order valence-corrected chi connectivity index (χ4v) is 2.72. The second kappa shape index (κ2) is 5.77. The molecule has 3 rings (SSSR count). The van der Waals surface area contributed by atoms with E-state index < -0.39 is 0 Å². The third kappa shape index (κ3) is 2.62. The van der Waals surface area contributed by atoms with Crippen LogP contribution in [0, 0.1) is 12.7 Å². The lowest BCUT2D eigenvalue weighted by atomic mass is 10.0. The van der Waals surface area contributed by atoms with Crippen molar-refractivity contribution >= 4 is 0 Å². The van der Waals surface area contributed by atoms with Crippen molar-refractivity contribution in [3.05, 3.63) is 59.3 Å². The molecule has 4 heteroatoms. The van der Waals surface area contributed by atoms with Crippen LogP contribution in [-0.4, -0.2) is 31.1 Å². The first kappa shape index (κ1) is 13.3. The van der Waals surface area contributed by atoms with Crippen LogP contribution in [0.25, 0.3) is 0 Å². The minimum absolute atomic E-state index is 0.0119. The average Bonchev–Trinajstić information content (AvgIpc) is 2.98. The van der Waals surface area contributed by atoms with Crippen molar-refractivity contribution in [1.82, 2.24) is 10.2 Å². The SMILES string of the molecule is Cc1ccc([C@@H](c2ccco2)N2CCNCC2)cc1F. The van der Waals surface area contributed by atoms with Crippen molar-refractivity contribution in [3.8, 4) is 0 Å². The highest BCUT2D eigenvalue weighted by molar-refractivity contribution is 5.30. The summed E-state index contributed by atoms with van der Waals surface area (Å²) in [6, 6.07) is 9.29. The number of furan rings is 1. The van der Waals surface area contributed by atoms with Crippen LogP contribution < -0.4 is 5.32 Å². The average molecular weight is 274 g/mol. The molecule has 1 aliphatic rings. The van der Waals surface area contributed by atoms with Crippen LogP contribution in [0.15, 0.2) is 41.0 Å². The molecule has 0 radical (unpaired) electrons. The first-order valence-corrected chi connectivity index (χ1v) is 7.00. The van der Waals surface area contributed by atoms with Gasteiger partial charge in [0.15, 0.2) is 0 Å². The number of halogens is 1. The maximum Gasteiger partial charge on any atom is 0.126 e. The van der Waals surface area contributed by atoms with Crippen molar-refractivity contribution in [2.75, 3.05) is 26.2 Å². The van der Waals surface area contributed by atoms with Crippen molar-refractivity contribution in [2.45, 2.75) is 13.0 Å². The standard InChI is InChI=1S/C16H19FN2O/c1-12-4-5-13(11-14(12)17)16(15-3-2-10-20-15)19-8-6-18-7-9-19/h2-5,10-11,16,18H,6-9H2,1H3/t16-/m0/s1. The number of piperazine rings is 1. The van der Waals surface area contributed by atoms with Gasteiger partial charge in [0.2, 0.25) is 0 Å². The summed E-state index contributed by atoms with van der Waals surface area (Å²) in [6.45, 7) is 5.55. The van der Waals surface area contributed by atoms with E-state index in [4.69, 9.17) is 4.42 Å². The van der Waals surface area contributed by atoms with Gasteiger partial charge < -0.3 is 9.73 Å². The van der Waals surface area contributed by atoms with Gasteiger partial charge in [-0.25, -0.2) is 4.39 Å². The number of hydrogen-bond acceptors (Lipinski definition) is 3. The van der Waals surface area contributed by atoms with E-state index >= 15 is 0 Å². The summed E-state index contributed by atoms with van der Waals surface area (Å²) in [5, 5.41) is 3.34. The van der Waals surface area contributed by atoms with Gasteiger partial charge in [0.05, 0.1) is 12.3 Å². The number of aryl methyl sites for hydroxylation is 1. The lowest BCUT2D eigenvalue weighted by Crippen LogP contribution is -2.45. The molecule has 1 saturated heterocycles. The zero-order valence-electron chi connectivity index (χ0n) is 11.6. The largest absolute Gasteiger partial charge is 0.467 e.